The third-order valence-corrected chi connectivity index (χ3v) is 6.09. The molecule has 1 aromatic carbocycles. The minimum Gasteiger partial charge on any atom is -0.611 e. The van der Waals surface area contributed by atoms with Crippen molar-refractivity contribution in [3.63, 3.8) is 0 Å². The number of nitrogens with zero attached hydrogens (tertiary/aromatic N) is 1. The third kappa shape index (κ3) is 5.22. The van der Waals surface area contributed by atoms with Crippen molar-refractivity contribution in [1.29, 1.82) is 0 Å². The van der Waals surface area contributed by atoms with Gasteiger partial charge < -0.3 is 16.0 Å². The predicted molar refractivity (Wildman–Crippen MR) is 95.3 cm³/mol. The maximum Gasteiger partial charge on any atom is 0.280 e. The van der Waals surface area contributed by atoms with Crippen LogP contribution >= 0.6 is 0 Å². The number of aryl methyl sites for hydroxylation is 1. The summed E-state index contributed by atoms with van der Waals surface area (Å²) in [6.07, 6.45) is 3.03. The molecule has 0 aliphatic rings. The minimum atomic E-state index is -3.67. The SMILES string of the molecule is CCCC[S+]([O-])c1cc(CC)c(C(=O)N=C(N)N)cc1S(C)(=O)=O. The number of carbonyl (C=O) groups is 1. The molecule has 9 heteroatoms. The second kappa shape index (κ2) is 8.50. The van der Waals surface area contributed by atoms with E-state index in [0.29, 0.717) is 24.2 Å². The van der Waals surface area contributed by atoms with E-state index in [-0.39, 0.29) is 15.4 Å². The van der Waals surface area contributed by atoms with Crippen LogP contribution in [-0.4, -0.2) is 36.8 Å². The zero-order valence-corrected chi connectivity index (χ0v) is 15.7. The van der Waals surface area contributed by atoms with Crippen LogP contribution in [0.4, 0.5) is 0 Å². The maximum absolute atomic E-state index is 12.5. The lowest BCUT2D eigenvalue weighted by molar-refractivity contribution is 0.100. The third-order valence-electron chi connectivity index (χ3n) is 3.34. The average molecular weight is 374 g/mol. The first kappa shape index (κ1) is 20.5. The molecule has 0 aliphatic heterocycles. The molecule has 0 aliphatic carbocycles. The Bertz CT molecular complexity index is 741. The van der Waals surface area contributed by atoms with E-state index in [1.165, 1.54) is 12.1 Å². The number of guanidine groups is 1. The summed E-state index contributed by atoms with van der Waals surface area (Å²) >= 11 is -1.46. The van der Waals surface area contributed by atoms with Crippen molar-refractivity contribution < 1.29 is 17.8 Å². The van der Waals surface area contributed by atoms with Gasteiger partial charge in [0.05, 0.1) is 0 Å². The number of hydrogen-bond acceptors (Lipinski definition) is 4. The van der Waals surface area contributed by atoms with Gasteiger partial charge in [-0.15, -0.1) is 0 Å². The van der Waals surface area contributed by atoms with Crippen LogP contribution in [0.1, 0.15) is 42.6 Å². The molecular weight excluding hydrogens is 350 g/mol. The molecule has 7 nitrogen and oxygen atoms in total. The lowest BCUT2D eigenvalue weighted by atomic mass is 10.0. The maximum atomic E-state index is 12.5. The molecule has 1 unspecified atom stereocenters. The lowest BCUT2D eigenvalue weighted by Gasteiger charge is -2.16. The largest absolute Gasteiger partial charge is 0.611 e. The molecule has 4 N–H and O–H groups in total. The summed E-state index contributed by atoms with van der Waals surface area (Å²) < 4.78 is 36.7. The molecule has 0 saturated carbocycles. The fourth-order valence-corrected chi connectivity index (χ4v) is 4.94. The second-order valence-electron chi connectivity index (χ2n) is 5.33. The van der Waals surface area contributed by atoms with E-state index in [0.717, 1.165) is 12.7 Å². The van der Waals surface area contributed by atoms with Crippen LogP contribution in [0, 0.1) is 0 Å². The monoisotopic (exact) mass is 373 g/mol. The summed E-state index contributed by atoms with van der Waals surface area (Å²) in [5.41, 5.74) is 11.1. The predicted octanol–water partition coefficient (Wildman–Crippen LogP) is 0.974. The normalized spacial score (nSPS) is 12.7. The molecule has 0 saturated heterocycles. The average Bonchev–Trinajstić information content (AvgIpc) is 2.49. The van der Waals surface area contributed by atoms with E-state index in [4.69, 9.17) is 11.5 Å². The lowest BCUT2D eigenvalue weighted by Crippen LogP contribution is -2.24. The molecule has 0 radical (unpaired) electrons. The Morgan fingerprint density at radius 2 is 1.92 bits per heavy atom. The van der Waals surface area contributed by atoms with Crippen molar-refractivity contribution in [2.24, 2.45) is 16.5 Å². The van der Waals surface area contributed by atoms with Crippen molar-refractivity contribution in [2.45, 2.75) is 42.9 Å². The van der Waals surface area contributed by atoms with Gasteiger partial charge in [0, 0.05) is 11.8 Å². The van der Waals surface area contributed by atoms with Crippen molar-refractivity contribution >= 4 is 32.9 Å². The number of carbonyl (C=O) groups excluding carboxylic acids is 1. The molecule has 0 spiro atoms. The van der Waals surface area contributed by atoms with E-state index >= 15 is 0 Å². The van der Waals surface area contributed by atoms with Crippen molar-refractivity contribution in [3.8, 4) is 0 Å². The highest BCUT2D eigenvalue weighted by atomic mass is 32.2. The zero-order chi connectivity index (χ0) is 18.5. The van der Waals surface area contributed by atoms with Gasteiger partial charge in [-0.3, -0.25) is 4.79 Å². The minimum absolute atomic E-state index is 0.0996. The van der Waals surface area contributed by atoms with Crippen LogP contribution in [-0.2, 0) is 27.4 Å². The van der Waals surface area contributed by atoms with Gasteiger partial charge in [-0.05, 0) is 41.7 Å². The van der Waals surface area contributed by atoms with Gasteiger partial charge in [0.1, 0.15) is 10.6 Å². The number of rotatable bonds is 7. The highest BCUT2D eigenvalue weighted by Crippen LogP contribution is 2.28. The number of amides is 1. The quantitative estimate of drug-likeness (QED) is 0.415. The van der Waals surface area contributed by atoms with Gasteiger partial charge in [-0.25, -0.2) is 8.42 Å². The van der Waals surface area contributed by atoms with E-state index < -0.39 is 32.9 Å². The molecule has 134 valence electrons. The molecule has 0 fully saturated rings. The Morgan fingerprint density at radius 3 is 2.38 bits per heavy atom. The van der Waals surface area contributed by atoms with Crippen LogP contribution in [0.5, 0.6) is 0 Å². The Morgan fingerprint density at radius 1 is 1.29 bits per heavy atom. The molecule has 1 atom stereocenters. The Balaban J connectivity index is 3.57. The van der Waals surface area contributed by atoms with Crippen LogP contribution in [0.25, 0.3) is 0 Å². The topological polar surface area (TPSA) is 139 Å². The number of hydrogen-bond donors (Lipinski definition) is 2. The number of unbranched alkanes of at least 4 members (excludes halogenated alkanes) is 1. The molecule has 0 heterocycles. The first-order chi connectivity index (χ1) is 11.1. The van der Waals surface area contributed by atoms with Gasteiger partial charge in [0.15, 0.2) is 20.7 Å². The van der Waals surface area contributed by atoms with E-state index in [2.05, 4.69) is 4.99 Å². The summed E-state index contributed by atoms with van der Waals surface area (Å²) in [4.78, 5) is 15.7. The van der Waals surface area contributed by atoms with Crippen LogP contribution in [0.2, 0.25) is 0 Å². The standard InChI is InChI=1S/C15H23N3O4S2/c1-4-6-7-23(20)12-8-10(5-2)11(14(19)18-15(16)17)9-13(12)24(3,21)22/h8-9H,4-7H2,1-3H3,(H4,16,17,18,19). The molecular formula is C15H23N3O4S2. The Kier molecular flexibility index (Phi) is 7.25. The summed E-state index contributed by atoms with van der Waals surface area (Å²) in [7, 11) is -3.67. The summed E-state index contributed by atoms with van der Waals surface area (Å²) in [6.45, 7) is 3.77. The summed E-state index contributed by atoms with van der Waals surface area (Å²) in [6, 6.07) is 2.74. The van der Waals surface area contributed by atoms with Crippen LogP contribution in [0.3, 0.4) is 0 Å². The molecule has 0 bridgehead atoms. The van der Waals surface area contributed by atoms with Gasteiger partial charge in [0.25, 0.3) is 5.91 Å². The molecule has 24 heavy (non-hydrogen) atoms. The first-order valence-electron chi connectivity index (χ1n) is 7.51. The smallest absolute Gasteiger partial charge is 0.280 e. The number of benzene rings is 1. The van der Waals surface area contributed by atoms with Gasteiger partial charge in [-0.1, -0.05) is 20.3 Å². The van der Waals surface area contributed by atoms with E-state index in [9.17, 15) is 17.8 Å². The van der Waals surface area contributed by atoms with Crippen molar-refractivity contribution in [1.82, 2.24) is 0 Å². The zero-order valence-electron chi connectivity index (χ0n) is 14.0. The van der Waals surface area contributed by atoms with Gasteiger partial charge >= 0.3 is 0 Å². The van der Waals surface area contributed by atoms with Crippen LogP contribution < -0.4 is 11.5 Å². The van der Waals surface area contributed by atoms with Crippen molar-refractivity contribution in [3.05, 3.63) is 23.3 Å². The highest BCUT2D eigenvalue weighted by molar-refractivity contribution is 7.94. The fraction of sp³-hybridized carbons (Fsp3) is 0.467. The van der Waals surface area contributed by atoms with Crippen molar-refractivity contribution in [2.75, 3.05) is 12.0 Å². The van der Waals surface area contributed by atoms with Gasteiger partial charge in [0.2, 0.25) is 0 Å². The fourth-order valence-electron chi connectivity index (χ4n) is 2.12. The number of nitrogens with two attached hydrogens (primary N) is 2. The molecule has 1 amide bonds. The van der Waals surface area contributed by atoms with E-state index in [1.54, 1.807) is 6.92 Å². The highest BCUT2D eigenvalue weighted by Gasteiger charge is 2.26. The second-order valence-corrected chi connectivity index (χ2v) is 8.85. The Labute approximate surface area is 145 Å². The number of sulfone groups is 1. The Hall–Kier alpha value is -1.58. The first-order valence-corrected chi connectivity index (χ1v) is 10.7. The summed E-state index contributed by atoms with van der Waals surface area (Å²) in [5, 5.41) is 0. The molecule has 1 rings (SSSR count). The van der Waals surface area contributed by atoms with Gasteiger partial charge in [-0.2, -0.15) is 4.99 Å². The van der Waals surface area contributed by atoms with E-state index in [1.807, 2.05) is 6.92 Å². The molecule has 0 aromatic heterocycles. The molecule has 1 aromatic rings. The number of aliphatic imine (C=N–C) groups is 1. The van der Waals surface area contributed by atoms with Crippen LogP contribution in [0.15, 0.2) is 26.9 Å². The summed E-state index contributed by atoms with van der Waals surface area (Å²) in [5.74, 6) is -0.759.